The summed E-state index contributed by atoms with van der Waals surface area (Å²) in [6, 6.07) is 20.8. The predicted molar refractivity (Wildman–Crippen MR) is 128 cm³/mol. The fourth-order valence-electron chi connectivity index (χ4n) is 4.46. The van der Waals surface area contributed by atoms with Gasteiger partial charge in [0, 0.05) is 11.3 Å². The van der Waals surface area contributed by atoms with Gasteiger partial charge < -0.3 is 10.2 Å². The molecule has 8 heteroatoms. The van der Waals surface area contributed by atoms with Gasteiger partial charge in [-0.1, -0.05) is 54.6 Å². The Morgan fingerprint density at radius 2 is 1.44 bits per heavy atom. The van der Waals surface area contributed by atoms with E-state index >= 15 is 0 Å². The van der Waals surface area contributed by atoms with Crippen LogP contribution in [0.1, 0.15) is 22.7 Å². The molecular weight excluding hydrogens is 471 g/mol. The van der Waals surface area contributed by atoms with E-state index in [1.165, 1.54) is 24.3 Å². The molecule has 1 saturated heterocycles. The quantitative estimate of drug-likeness (QED) is 0.204. The van der Waals surface area contributed by atoms with E-state index in [0.29, 0.717) is 16.5 Å². The summed E-state index contributed by atoms with van der Waals surface area (Å²) < 4.78 is 39.3. The van der Waals surface area contributed by atoms with Gasteiger partial charge in [-0.3, -0.25) is 14.5 Å². The number of fused-ring (bicyclic) bond motifs is 1. The normalized spacial score (nSPS) is 17.6. The van der Waals surface area contributed by atoms with Crippen molar-refractivity contribution in [3.63, 3.8) is 0 Å². The van der Waals surface area contributed by atoms with Crippen LogP contribution in [0.25, 0.3) is 16.5 Å². The lowest BCUT2D eigenvalue weighted by Crippen LogP contribution is -2.29. The van der Waals surface area contributed by atoms with Crippen molar-refractivity contribution >= 4 is 33.9 Å². The number of halogens is 3. The molecule has 5 rings (SSSR count). The monoisotopic (exact) mass is 489 g/mol. The molecule has 0 bridgehead atoms. The maximum absolute atomic E-state index is 13.3. The van der Waals surface area contributed by atoms with Crippen molar-refractivity contribution < 1.29 is 33.0 Å². The van der Waals surface area contributed by atoms with Gasteiger partial charge in [-0.25, -0.2) is 0 Å². The fraction of sp³-hybridized carbons (Fsp3) is 0.0714. The van der Waals surface area contributed by atoms with Gasteiger partial charge in [-0.15, -0.1) is 0 Å². The van der Waals surface area contributed by atoms with Gasteiger partial charge in [0.2, 0.25) is 0 Å². The minimum atomic E-state index is -4.57. The predicted octanol–water partition coefficient (Wildman–Crippen LogP) is 6.19. The molecule has 0 saturated carbocycles. The number of ketones is 1. The second-order valence-corrected chi connectivity index (χ2v) is 8.33. The van der Waals surface area contributed by atoms with Gasteiger partial charge in [0.15, 0.2) is 0 Å². The second-order valence-electron chi connectivity index (χ2n) is 8.33. The Balaban J connectivity index is 1.73. The van der Waals surface area contributed by atoms with Crippen LogP contribution in [0, 0.1) is 0 Å². The molecule has 4 aromatic rings. The molecule has 1 atom stereocenters. The van der Waals surface area contributed by atoms with Crippen LogP contribution >= 0.6 is 0 Å². The Kier molecular flexibility index (Phi) is 5.51. The van der Waals surface area contributed by atoms with Crippen molar-refractivity contribution in [2.45, 2.75) is 12.2 Å². The van der Waals surface area contributed by atoms with Crippen LogP contribution in [0.4, 0.5) is 18.9 Å². The van der Waals surface area contributed by atoms with Gasteiger partial charge in [0.25, 0.3) is 11.7 Å². The third-order valence-electron chi connectivity index (χ3n) is 6.17. The van der Waals surface area contributed by atoms with Crippen LogP contribution in [0.5, 0.6) is 5.75 Å². The van der Waals surface area contributed by atoms with Crippen molar-refractivity contribution in [1.82, 2.24) is 0 Å². The minimum Gasteiger partial charge on any atom is -0.508 e. The smallest absolute Gasteiger partial charge is 0.416 e. The molecule has 1 fully saturated rings. The molecule has 0 aliphatic carbocycles. The second kappa shape index (κ2) is 8.57. The SMILES string of the molecule is O=C1C(=O)N(c2ccc(C(F)(F)F)cc2)C(c2ccc(O)cc2)/C1=C(/O)c1cccc2ccccc12. The molecule has 0 spiro atoms. The summed E-state index contributed by atoms with van der Waals surface area (Å²) in [5, 5.41) is 22.6. The van der Waals surface area contributed by atoms with E-state index in [1.807, 2.05) is 18.2 Å². The first kappa shape index (κ1) is 23.2. The Hall–Kier alpha value is -4.59. The highest BCUT2D eigenvalue weighted by molar-refractivity contribution is 6.51. The molecule has 1 amide bonds. The highest BCUT2D eigenvalue weighted by Crippen LogP contribution is 2.43. The maximum atomic E-state index is 13.3. The Bertz CT molecular complexity index is 1520. The van der Waals surface area contributed by atoms with Gasteiger partial charge in [-0.05, 0) is 52.7 Å². The zero-order valence-corrected chi connectivity index (χ0v) is 18.5. The summed E-state index contributed by atoms with van der Waals surface area (Å²) in [6.07, 6.45) is -4.57. The number of Topliss-reactive ketones (excluding diaryl/α,β-unsaturated/α-hetero) is 1. The molecule has 1 unspecified atom stereocenters. The molecule has 0 aromatic heterocycles. The van der Waals surface area contributed by atoms with Crippen LogP contribution in [0.3, 0.4) is 0 Å². The van der Waals surface area contributed by atoms with Crippen molar-refractivity contribution in [3.05, 3.63) is 113 Å². The molecule has 1 aliphatic heterocycles. The molecule has 5 nitrogen and oxygen atoms in total. The highest BCUT2D eigenvalue weighted by atomic mass is 19.4. The third kappa shape index (κ3) is 3.86. The summed E-state index contributed by atoms with van der Waals surface area (Å²) in [5.74, 6) is -2.43. The number of aliphatic hydroxyl groups is 1. The fourth-order valence-corrected chi connectivity index (χ4v) is 4.46. The highest BCUT2D eigenvalue weighted by Gasteiger charge is 2.47. The number of phenolic OH excluding ortho intramolecular Hbond substituents is 1. The molecule has 4 aromatic carbocycles. The Morgan fingerprint density at radius 3 is 2.11 bits per heavy atom. The number of carbonyl (C=O) groups is 2. The van der Waals surface area contributed by atoms with E-state index in [-0.39, 0.29) is 17.0 Å². The number of anilines is 1. The standard InChI is InChI=1S/C28H18F3NO4/c29-28(30,31)18-10-12-19(13-11-18)32-24(17-8-14-20(33)15-9-17)23(26(35)27(32)36)25(34)22-7-3-5-16-4-1-2-6-21(16)22/h1-15,24,33-34H/b25-23-. The summed E-state index contributed by atoms with van der Waals surface area (Å²) in [7, 11) is 0. The van der Waals surface area contributed by atoms with Gasteiger partial charge in [-0.2, -0.15) is 13.2 Å². The molecular formula is C28H18F3NO4. The number of amides is 1. The summed E-state index contributed by atoms with van der Waals surface area (Å²) in [5.41, 5.74) is -0.335. The number of benzene rings is 4. The number of nitrogens with zero attached hydrogens (tertiary/aromatic N) is 1. The molecule has 0 radical (unpaired) electrons. The summed E-state index contributed by atoms with van der Waals surface area (Å²) >= 11 is 0. The first-order chi connectivity index (χ1) is 17.2. The number of alkyl halides is 3. The van der Waals surface area contributed by atoms with E-state index < -0.39 is 35.2 Å². The number of aromatic hydroxyl groups is 1. The first-order valence-corrected chi connectivity index (χ1v) is 10.9. The summed E-state index contributed by atoms with van der Waals surface area (Å²) in [6.45, 7) is 0. The Labute approximate surface area is 203 Å². The molecule has 2 N–H and O–H groups in total. The minimum absolute atomic E-state index is 0.0557. The van der Waals surface area contributed by atoms with E-state index in [4.69, 9.17) is 0 Å². The number of phenols is 1. The van der Waals surface area contributed by atoms with Crippen molar-refractivity contribution in [2.24, 2.45) is 0 Å². The first-order valence-electron chi connectivity index (χ1n) is 10.9. The number of hydrogen-bond acceptors (Lipinski definition) is 4. The van der Waals surface area contributed by atoms with Gasteiger partial charge in [0.05, 0.1) is 17.2 Å². The van der Waals surface area contributed by atoms with Crippen molar-refractivity contribution in [3.8, 4) is 5.75 Å². The number of carbonyl (C=O) groups excluding carboxylic acids is 2. The number of rotatable bonds is 3. The van der Waals surface area contributed by atoms with Crippen LogP contribution in [0.2, 0.25) is 0 Å². The lowest BCUT2D eigenvalue weighted by Gasteiger charge is -2.26. The largest absolute Gasteiger partial charge is 0.508 e. The number of hydrogen-bond donors (Lipinski definition) is 2. The van der Waals surface area contributed by atoms with Gasteiger partial charge in [0.1, 0.15) is 11.5 Å². The topological polar surface area (TPSA) is 77.8 Å². The van der Waals surface area contributed by atoms with Crippen LogP contribution in [-0.4, -0.2) is 21.9 Å². The third-order valence-corrected chi connectivity index (χ3v) is 6.17. The lowest BCUT2D eigenvalue weighted by molar-refractivity contribution is -0.137. The van der Waals surface area contributed by atoms with Crippen molar-refractivity contribution in [2.75, 3.05) is 4.90 Å². The lowest BCUT2D eigenvalue weighted by atomic mass is 9.93. The maximum Gasteiger partial charge on any atom is 0.416 e. The molecule has 180 valence electrons. The number of aliphatic hydroxyl groups excluding tert-OH is 1. The van der Waals surface area contributed by atoms with E-state index in [9.17, 15) is 33.0 Å². The van der Waals surface area contributed by atoms with E-state index in [0.717, 1.165) is 34.6 Å². The average Bonchev–Trinajstić information content (AvgIpc) is 3.13. The zero-order valence-electron chi connectivity index (χ0n) is 18.5. The molecule has 36 heavy (non-hydrogen) atoms. The van der Waals surface area contributed by atoms with Crippen molar-refractivity contribution in [1.29, 1.82) is 0 Å². The van der Waals surface area contributed by atoms with Gasteiger partial charge >= 0.3 is 6.18 Å². The summed E-state index contributed by atoms with van der Waals surface area (Å²) in [4.78, 5) is 27.5. The zero-order chi connectivity index (χ0) is 25.6. The van der Waals surface area contributed by atoms with Crippen LogP contribution in [-0.2, 0) is 15.8 Å². The van der Waals surface area contributed by atoms with Crippen LogP contribution in [0.15, 0.2) is 96.6 Å². The van der Waals surface area contributed by atoms with E-state index in [1.54, 1.807) is 24.3 Å². The Morgan fingerprint density at radius 1 is 0.806 bits per heavy atom. The molecule has 1 heterocycles. The average molecular weight is 489 g/mol. The van der Waals surface area contributed by atoms with E-state index in [2.05, 4.69) is 0 Å². The van der Waals surface area contributed by atoms with Crippen LogP contribution < -0.4 is 4.90 Å². The molecule has 1 aliphatic rings.